The number of ether oxygens (including phenoxy) is 2. The minimum absolute atomic E-state index is 0.251. The largest absolute Gasteiger partial charge is 0.494 e. The van der Waals surface area contributed by atoms with Crippen molar-refractivity contribution in [3.63, 3.8) is 0 Å². The Morgan fingerprint density at radius 1 is 1.17 bits per heavy atom. The van der Waals surface area contributed by atoms with Crippen LogP contribution in [0.2, 0.25) is 0 Å². The fourth-order valence-corrected chi connectivity index (χ4v) is 2.14. The molecule has 0 fully saturated rings. The van der Waals surface area contributed by atoms with Crippen LogP contribution in [0.3, 0.4) is 0 Å². The molecule has 0 atom stereocenters. The Bertz CT molecular complexity index is 680. The number of nitriles is 1. The molecule has 0 aliphatic heterocycles. The molecule has 0 bridgehead atoms. The number of benzene rings is 2. The van der Waals surface area contributed by atoms with Crippen LogP contribution in [0.15, 0.2) is 42.5 Å². The molecular formula is C18H19FN2O2. The van der Waals surface area contributed by atoms with Crippen LogP contribution >= 0.6 is 0 Å². The number of hydrogen-bond donors (Lipinski definition) is 0. The van der Waals surface area contributed by atoms with Crippen molar-refractivity contribution in [2.75, 3.05) is 27.3 Å². The lowest BCUT2D eigenvalue weighted by molar-refractivity contribution is 0.232. The third-order valence-electron chi connectivity index (χ3n) is 3.39. The van der Waals surface area contributed by atoms with Crippen LogP contribution in [0.25, 0.3) is 0 Å². The molecule has 0 radical (unpaired) electrons. The average Bonchev–Trinajstić information content (AvgIpc) is 2.55. The number of likely N-dealkylation sites (N-methyl/N-ethyl adjacent to an activating group) is 1. The number of hydrogen-bond acceptors (Lipinski definition) is 4. The van der Waals surface area contributed by atoms with Gasteiger partial charge in [0.1, 0.15) is 12.4 Å². The fraction of sp³-hybridized carbons (Fsp3) is 0.278. The van der Waals surface area contributed by atoms with E-state index < -0.39 is 0 Å². The van der Waals surface area contributed by atoms with Gasteiger partial charge in [0.25, 0.3) is 0 Å². The lowest BCUT2D eigenvalue weighted by atomic mass is 10.2. The molecule has 23 heavy (non-hydrogen) atoms. The molecule has 5 heteroatoms. The van der Waals surface area contributed by atoms with Gasteiger partial charge in [-0.15, -0.1) is 0 Å². The number of nitrogens with zero attached hydrogens (tertiary/aromatic N) is 2. The molecule has 0 heterocycles. The maximum Gasteiger partial charge on any atom is 0.165 e. The molecule has 0 aliphatic carbocycles. The zero-order valence-electron chi connectivity index (χ0n) is 13.3. The third-order valence-corrected chi connectivity index (χ3v) is 3.39. The highest BCUT2D eigenvalue weighted by Gasteiger charge is 2.06. The first-order chi connectivity index (χ1) is 11.1. The Balaban J connectivity index is 1.79. The number of halogens is 1. The SMILES string of the molecule is COc1ccc(CN(C)CCOc2ccc(C#N)cc2)cc1F. The van der Waals surface area contributed by atoms with E-state index in [9.17, 15) is 4.39 Å². The topological polar surface area (TPSA) is 45.5 Å². The second kappa shape index (κ2) is 8.16. The summed E-state index contributed by atoms with van der Waals surface area (Å²) in [5, 5.41) is 8.74. The van der Waals surface area contributed by atoms with Gasteiger partial charge in [-0.3, -0.25) is 4.90 Å². The second-order valence-corrected chi connectivity index (χ2v) is 5.19. The van der Waals surface area contributed by atoms with Gasteiger partial charge in [-0.1, -0.05) is 6.07 Å². The summed E-state index contributed by atoms with van der Waals surface area (Å²) >= 11 is 0. The minimum Gasteiger partial charge on any atom is -0.494 e. The highest BCUT2D eigenvalue weighted by molar-refractivity contribution is 5.34. The maximum atomic E-state index is 13.6. The van der Waals surface area contributed by atoms with Gasteiger partial charge in [-0.05, 0) is 49.0 Å². The molecule has 4 nitrogen and oxygen atoms in total. The van der Waals surface area contributed by atoms with Gasteiger partial charge in [0.05, 0.1) is 18.7 Å². The third kappa shape index (κ3) is 4.97. The molecule has 120 valence electrons. The Kier molecular flexibility index (Phi) is 5.95. The van der Waals surface area contributed by atoms with Gasteiger partial charge in [0.2, 0.25) is 0 Å². The number of rotatable bonds is 7. The molecule has 2 aromatic carbocycles. The van der Waals surface area contributed by atoms with Crippen molar-refractivity contribution in [3.8, 4) is 17.6 Å². The van der Waals surface area contributed by atoms with Crippen molar-refractivity contribution in [2.24, 2.45) is 0 Å². The predicted octanol–water partition coefficient (Wildman–Crippen LogP) is 3.22. The summed E-state index contributed by atoms with van der Waals surface area (Å²) < 4.78 is 24.2. The summed E-state index contributed by atoms with van der Waals surface area (Å²) in [6.07, 6.45) is 0. The second-order valence-electron chi connectivity index (χ2n) is 5.19. The summed E-state index contributed by atoms with van der Waals surface area (Å²) in [6, 6.07) is 14.0. The Morgan fingerprint density at radius 3 is 2.52 bits per heavy atom. The minimum atomic E-state index is -0.354. The molecule has 0 amide bonds. The van der Waals surface area contributed by atoms with Crippen LogP contribution in [-0.4, -0.2) is 32.2 Å². The number of methoxy groups -OCH3 is 1. The highest BCUT2D eigenvalue weighted by Crippen LogP contribution is 2.18. The lowest BCUT2D eigenvalue weighted by Crippen LogP contribution is -2.23. The Hall–Kier alpha value is -2.58. The van der Waals surface area contributed by atoms with E-state index >= 15 is 0 Å². The monoisotopic (exact) mass is 314 g/mol. The van der Waals surface area contributed by atoms with Crippen molar-refractivity contribution in [2.45, 2.75) is 6.54 Å². The lowest BCUT2D eigenvalue weighted by Gasteiger charge is -2.17. The van der Waals surface area contributed by atoms with Gasteiger partial charge >= 0.3 is 0 Å². The van der Waals surface area contributed by atoms with E-state index in [0.717, 1.165) is 11.3 Å². The summed E-state index contributed by atoms with van der Waals surface area (Å²) in [5.74, 6) is 0.626. The summed E-state index contributed by atoms with van der Waals surface area (Å²) in [5.41, 5.74) is 1.49. The highest BCUT2D eigenvalue weighted by atomic mass is 19.1. The van der Waals surface area contributed by atoms with Crippen molar-refractivity contribution in [3.05, 3.63) is 59.4 Å². The van der Waals surface area contributed by atoms with Gasteiger partial charge in [0, 0.05) is 13.1 Å². The van der Waals surface area contributed by atoms with E-state index in [0.29, 0.717) is 25.3 Å². The molecular weight excluding hydrogens is 295 g/mol. The summed E-state index contributed by atoms with van der Waals surface area (Å²) in [4.78, 5) is 2.05. The van der Waals surface area contributed by atoms with Gasteiger partial charge in [-0.2, -0.15) is 5.26 Å². The predicted molar refractivity (Wildman–Crippen MR) is 85.9 cm³/mol. The first-order valence-corrected chi connectivity index (χ1v) is 7.26. The van der Waals surface area contributed by atoms with Gasteiger partial charge < -0.3 is 9.47 Å². The van der Waals surface area contributed by atoms with Crippen LogP contribution in [0.1, 0.15) is 11.1 Å². The van der Waals surface area contributed by atoms with Gasteiger partial charge in [-0.25, -0.2) is 4.39 Å². The first-order valence-electron chi connectivity index (χ1n) is 7.26. The maximum absolute atomic E-state index is 13.6. The van der Waals surface area contributed by atoms with E-state index in [4.69, 9.17) is 14.7 Å². The molecule has 0 saturated carbocycles. The smallest absolute Gasteiger partial charge is 0.165 e. The van der Waals surface area contributed by atoms with Crippen molar-refractivity contribution < 1.29 is 13.9 Å². The molecule has 0 saturated heterocycles. The van der Waals surface area contributed by atoms with Crippen LogP contribution in [0.4, 0.5) is 4.39 Å². The molecule has 0 aliphatic rings. The van der Waals surface area contributed by atoms with Gasteiger partial charge in [0.15, 0.2) is 11.6 Å². The Morgan fingerprint density at radius 2 is 1.91 bits per heavy atom. The zero-order chi connectivity index (χ0) is 16.7. The molecule has 0 spiro atoms. The first kappa shape index (κ1) is 16.8. The molecule has 0 N–H and O–H groups in total. The fourth-order valence-electron chi connectivity index (χ4n) is 2.14. The van der Waals surface area contributed by atoms with E-state index in [2.05, 4.69) is 6.07 Å². The quantitative estimate of drug-likeness (QED) is 0.787. The van der Waals surface area contributed by atoms with E-state index in [1.807, 2.05) is 18.0 Å². The van der Waals surface area contributed by atoms with Crippen LogP contribution in [0.5, 0.6) is 11.5 Å². The standard InChI is InChI=1S/C18H19FN2O2/c1-21(13-15-5-8-18(22-2)17(19)11-15)9-10-23-16-6-3-14(12-20)4-7-16/h3-8,11H,9-10,13H2,1-2H3. The van der Waals surface area contributed by atoms with Crippen molar-refractivity contribution in [1.82, 2.24) is 4.90 Å². The molecule has 0 aromatic heterocycles. The molecule has 2 aromatic rings. The van der Waals surface area contributed by atoms with Crippen molar-refractivity contribution >= 4 is 0 Å². The molecule has 0 unspecified atom stereocenters. The van der Waals surface area contributed by atoms with E-state index in [1.165, 1.54) is 13.2 Å². The van der Waals surface area contributed by atoms with Crippen LogP contribution in [0, 0.1) is 17.1 Å². The summed E-state index contributed by atoms with van der Waals surface area (Å²) in [6.45, 7) is 1.84. The molecule has 2 rings (SSSR count). The van der Waals surface area contributed by atoms with Crippen LogP contribution in [-0.2, 0) is 6.54 Å². The average molecular weight is 314 g/mol. The summed E-state index contributed by atoms with van der Waals surface area (Å²) in [7, 11) is 3.40. The van der Waals surface area contributed by atoms with Crippen molar-refractivity contribution in [1.29, 1.82) is 5.26 Å². The zero-order valence-corrected chi connectivity index (χ0v) is 13.3. The normalized spacial score (nSPS) is 10.4. The van der Waals surface area contributed by atoms with Crippen LogP contribution < -0.4 is 9.47 Å². The van der Waals surface area contributed by atoms with E-state index in [1.54, 1.807) is 30.3 Å². The van der Waals surface area contributed by atoms with E-state index in [-0.39, 0.29) is 11.6 Å². The Labute approximate surface area is 135 Å².